The molecule has 1 aliphatic rings. The first kappa shape index (κ1) is 18.4. The number of hydrogen-bond acceptors (Lipinski definition) is 5. The Kier molecular flexibility index (Phi) is 5.00. The van der Waals surface area contributed by atoms with E-state index in [4.69, 9.17) is 0 Å². The largest absolute Gasteiger partial charge is 0.355 e. The highest BCUT2D eigenvalue weighted by Crippen LogP contribution is 2.22. The van der Waals surface area contributed by atoms with E-state index in [1.807, 2.05) is 26.0 Å². The molecule has 1 amide bonds. The maximum absolute atomic E-state index is 12.7. The molecule has 1 aliphatic heterocycles. The van der Waals surface area contributed by atoms with Gasteiger partial charge in [-0.25, -0.2) is 8.42 Å². The van der Waals surface area contributed by atoms with E-state index < -0.39 is 9.84 Å². The van der Waals surface area contributed by atoms with Gasteiger partial charge in [0.25, 0.3) is 5.91 Å². The highest BCUT2D eigenvalue weighted by atomic mass is 32.2. The zero-order valence-corrected chi connectivity index (χ0v) is 16.0. The molecular formula is C19H23N3O3S. The Hall–Kier alpha value is -2.41. The first-order chi connectivity index (χ1) is 12.2. The van der Waals surface area contributed by atoms with Gasteiger partial charge in [-0.2, -0.15) is 0 Å². The third-order valence-electron chi connectivity index (χ3n) is 4.57. The van der Waals surface area contributed by atoms with E-state index in [0.717, 1.165) is 22.5 Å². The van der Waals surface area contributed by atoms with Crippen LogP contribution in [0.1, 0.15) is 28.0 Å². The molecule has 1 saturated heterocycles. The molecule has 1 fully saturated rings. The summed E-state index contributed by atoms with van der Waals surface area (Å²) in [5, 5.41) is 3.30. The zero-order valence-electron chi connectivity index (χ0n) is 15.2. The van der Waals surface area contributed by atoms with Crippen molar-refractivity contribution in [3.8, 4) is 0 Å². The molecule has 0 bridgehead atoms. The second-order valence-corrected chi connectivity index (χ2v) is 9.13. The van der Waals surface area contributed by atoms with E-state index >= 15 is 0 Å². The number of sulfone groups is 1. The van der Waals surface area contributed by atoms with E-state index in [9.17, 15) is 13.2 Å². The van der Waals surface area contributed by atoms with Crippen LogP contribution in [0.25, 0.3) is 0 Å². The summed E-state index contributed by atoms with van der Waals surface area (Å²) in [6.45, 7) is 4.06. The Morgan fingerprint density at radius 3 is 2.46 bits per heavy atom. The second kappa shape index (κ2) is 7.07. The Labute approximate surface area is 154 Å². The number of rotatable bonds is 4. The van der Waals surface area contributed by atoms with Crippen molar-refractivity contribution in [1.29, 1.82) is 0 Å². The Morgan fingerprint density at radius 1 is 1.15 bits per heavy atom. The molecule has 0 spiro atoms. The van der Waals surface area contributed by atoms with Crippen LogP contribution < -0.4 is 5.32 Å². The fraction of sp³-hybridized carbons (Fsp3) is 0.368. The van der Waals surface area contributed by atoms with Gasteiger partial charge in [0.2, 0.25) is 0 Å². The molecule has 1 aromatic heterocycles. The van der Waals surface area contributed by atoms with Crippen LogP contribution in [-0.2, 0) is 9.84 Å². The van der Waals surface area contributed by atoms with Gasteiger partial charge in [-0.3, -0.25) is 9.78 Å². The highest BCUT2D eigenvalue weighted by Gasteiger charge is 2.33. The normalized spacial score (nSPS) is 18.5. The van der Waals surface area contributed by atoms with E-state index in [-0.39, 0.29) is 23.5 Å². The van der Waals surface area contributed by atoms with Crippen LogP contribution in [0.4, 0.5) is 11.4 Å². The predicted octanol–water partition coefficient (Wildman–Crippen LogP) is 2.70. The van der Waals surface area contributed by atoms with Crippen molar-refractivity contribution in [2.45, 2.75) is 26.3 Å². The molecule has 7 heteroatoms. The van der Waals surface area contributed by atoms with Crippen molar-refractivity contribution in [2.24, 2.45) is 0 Å². The van der Waals surface area contributed by atoms with Gasteiger partial charge < -0.3 is 10.2 Å². The van der Waals surface area contributed by atoms with Gasteiger partial charge in [-0.05, 0) is 55.7 Å². The summed E-state index contributed by atoms with van der Waals surface area (Å²) >= 11 is 0. The van der Waals surface area contributed by atoms with Crippen molar-refractivity contribution in [1.82, 2.24) is 9.88 Å². The molecule has 1 unspecified atom stereocenters. The van der Waals surface area contributed by atoms with Crippen LogP contribution >= 0.6 is 0 Å². The number of pyridine rings is 1. The topological polar surface area (TPSA) is 79.4 Å². The van der Waals surface area contributed by atoms with Crippen LogP contribution in [0.3, 0.4) is 0 Å². The lowest BCUT2D eigenvalue weighted by Gasteiger charge is -2.23. The standard InChI is InChI=1S/C19H23N3O3S/c1-13-8-14(2)10-16(9-13)21-15-4-6-20-18(11-15)19(23)22(3)17-5-7-26(24,25)12-17/h4,6,8-11,17H,5,7,12H2,1-3H3,(H,20,21). The van der Waals surface area contributed by atoms with Gasteiger partial charge in [0.15, 0.2) is 9.84 Å². The summed E-state index contributed by atoms with van der Waals surface area (Å²) in [6.07, 6.45) is 2.06. The first-order valence-electron chi connectivity index (χ1n) is 8.52. The SMILES string of the molecule is Cc1cc(C)cc(Nc2ccnc(C(=O)N(C)C3CCS(=O)(=O)C3)c2)c1. The molecule has 1 aromatic carbocycles. The van der Waals surface area contributed by atoms with Gasteiger partial charge >= 0.3 is 0 Å². The average Bonchev–Trinajstić information content (AvgIpc) is 2.93. The highest BCUT2D eigenvalue weighted by molar-refractivity contribution is 7.91. The van der Waals surface area contributed by atoms with E-state index in [1.165, 1.54) is 4.90 Å². The van der Waals surface area contributed by atoms with Crippen LogP contribution in [0.5, 0.6) is 0 Å². The van der Waals surface area contributed by atoms with Crippen molar-refractivity contribution in [3.05, 3.63) is 53.3 Å². The summed E-state index contributed by atoms with van der Waals surface area (Å²) in [6, 6.07) is 9.37. The minimum atomic E-state index is -3.04. The van der Waals surface area contributed by atoms with Crippen LogP contribution in [0.15, 0.2) is 36.5 Å². The van der Waals surface area contributed by atoms with Crippen molar-refractivity contribution in [2.75, 3.05) is 23.9 Å². The summed E-state index contributed by atoms with van der Waals surface area (Å²) in [4.78, 5) is 18.4. The molecule has 3 rings (SSSR count). The molecule has 0 saturated carbocycles. The molecule has 2 aromatic rings. The Morgan fingerprint density at radius 2 is 1.85 bits per heavy atom. The number of aryl methyl sites for hydroxylation is 2. The molecule has 0 aliphatic carbocycles. The Balaban J connectivity index is 1.77. The summed E-state index contributed by atoms with van der Waals surface area (Å²) < 4.78 is 23.3. The quantitative estimate of drug-likeness (QED) is 0.891. The van der Waals surface area contributed by atoms with Crippen LogP contribution in [-0.4, -0.2) is 48.8 Å². The summed E-state index contributed by atoms with van der Waals surface area (Å²) in [5.41, 5.74) is 4.31. The molecule has 2 heterocycles. The monoisotopic (exact) mass is 373 g/mol. The lowest BCUT2D eigenvalue weighted by atomic mass is 10.1. The number of nitrogens with one attached hydrogen (secondary N) is 1. The number of hydrogen-bond donors (Lipinski definition) is 1. The number of carbonyl (C=O) groups is 1. The van der Waals surface area contributed by atoms with Crippen molar-refractivity contribution < 1.29 is 13.2 Å². The number of carbonyl (C=O) groups excluding carboxylic acids is 1. The second-order valence-electron chi connectivity index (χ2n) is 6.90. The smallest absolute Gasteiger partial charge is 0.272 e. The van der Waals surface area contributed by atoms with Crippen LogP contribution in [0, 0.1) is 13.8 Å². The summed E-state index contributed by atoms with van der Waals surface area (Å²) in [5.74, 6) is -0.108. The lowest BCUT2D eigenvalue weighted by Crippen LogP contribution is -2.38. The third-order valence-corrected chi connectivity index (χ3v) is 6.32. The maximum atomic E-state index is 12.7. The van der Waals surface area contributed by atoms with Gasteiger partial charge in [0.05, 0.1) is 11.5 Å². The molecule has 0 radical (unpaired) electrons. The fourth-order valence-corrected chi connectivity index (χ4v) is 5.04. The Bertz CT molecular complexity index is 921. The van der Waals surface area contributed by atoms with Gasteiger partial charge in [0.1, 0.15) is 5.69 Å². The average molecular weight is 373 g/mol. The molecule has 1 N–H and O–H groups in total. The number of amides is 1. The third kappa shape index (κ3) is 4.22. The minimum absolute atomic E-state index is 0.0236. The number of nitrogens with zero attached hydrogens (tertiary/aromatic N) is 2. The van der Waals surface area contributed by atoms with Crippen molar-refractivity contribution in [3.63, 3.8) is 0 Å². The van der Waals surface area contributed by atoms with Gasteiger partial charge in [0, 0.05) is 30.7 Å². The summed E-state index contributed by atoms with van der Waals surface area (Å²) in [7, 11) is -1.40. The van der Waals surface area contributed by atoms with E-state index in [1.54, 1.807) is 25.4 Å². The molecule has 1 atom stereocenters. The van der Waals surface area contributed by atoms with Gasteiger partial charge in [-0.1, -0.05) is 6.07 Å². The van der Waals surface area contributed by atoms with Crippen LogP contribution in [0.2, 0.25) is 0 Å². The number of aromatic nitrogens is 1. The fourth-order valence-electron chi connectivity index (χ4n) is 3.27. The zero-order chi connectivity index (χ0) is 18.9. The predicted molar refractivity (Wildman–Crippen MR) is 103 cm³/mol. The first-order valence-corrected chi connectivity index (χ1v) is 10.3. The van der Waals surface area contributed by atoms with Crippen molar-refractivity contribution >= 4 is 27.1 Å². The van der Waals surface area contributed by atoms with E-state index in [2.05, 4.69) is 16.4 Å². The molecule has 26 heavy (non-hydrogen) atoms. The molecule has 138 valence electrons. The minimum Gasteiger partial charge on any atom is -0.355 e. The maximum Gasteiger partial charge on any atom is 0.272 e. The van der Waals surface area contributed by atoms with E-state index in [0.29, 0.717) is 12.1 Å². The molecule has 6 nitrogen and oxygen atoms in total. The lowest BCUT2D eigenvalue weighted by molar-refractivity contribution is 0.0742. The number of anilines is 2. The molecular weight excluding hydrogens is 350 g/mol. The number of benzene rings is 1. The van der Waals surface area contributed by atoms with Gasteiger partial charge in [-0.15, -0.1) is 0 Å².